The minimum absolute atomic E-state index is 0.350. The summed E-state index contributed by atoms with van der Waals surface area (Å²) in [4.78, 5) is 28.3. The molecule has 0 spiro atoms. The number of aromatic nitrogens is 3. The number of hydrogen-bond donors (Lipinski definition) is 2. The minimum atomic E-state index is -1.15. The van der Waals surface area contributed by atoms with E-state index in [0.29, 0.717) is 29.7 Å². The van der Waals surface area contributed by atoms with E-state index in [-0.39, 0.29) is 0 Å². The van der Waals surface area contributed by atoms with Crippen LogP contribution in [-0.2, 0) is 4.79 Å². The Labute approximate surface area is 127 Å². The molecule has 0 radical (unpaired) electrons. The van der Waals surface area contributed by atoms with Crippen molar-refractivity contribution in [1.82, 2.24) is 19.9 Å². The number of nitrogens with one attached hydrogen (secondary N) is 1. The van der Waals surface area contributed by atoms with Crippen molar-refractivity contribution in [3.63, 3.8) is 0 Å². The number of nitrogens with zero attached hydrogens (tertiary/aromatic N) is 3. The molecule has 0 atom stereocenters. The highest BCUT2D eigenvalue weighted by Gasteiger charge is 2.43. The number of carbonyl (C=O) groups is 2. The van der Waals surface area contributed by atoms with E-state index in [1.165, 1.54) is 6.20 Å². The van der Waals surface area contributed by atoms with Crippen molar-refractivity contribution in [1.29, 1.82) is 0 Å². The molecule has 2 aromatic rings. The fourth-order valence-corrected chi connectivity index (χ4v) is 3.04. The Morgan fingerprint density at radius 2 is 2.00 bits per heavy atom. The summed E-state index contributed by atoms with van der Waals surface area (Å²) in [6, 6.07) is 1.82. The van der Waals surface area contributed by atoms with Crippen molar-refractivity contribution in [3.8, 4) is 0 Å². The third kappa shape index (κ3) is 2.22. The molecule has 2 N–H and O–H groups in total. The van der Waals surface area contributed by atoms with Crippen LogP contribution in [0.15, 0.2) is 12.3 Å². The van der Waals surface area contributed by atoms with Crippen LogP contribution in [0.2, 0.25) is 0 Å². The summed E-state index contributed by atoms with van der Waals surface area (Å²) in [6.07, 6.45) is 4.02. The van der Waals surface area contributed by atoms with E-state index in [2.05, 4.69) is 15.4 Å². The molecule has 0 aliphatic heterocycles. The fraction of sp³-hybridized carbons (Fsp3) is 0.467. The summed E-state index contributed by atoms with van der Waals surface area (Å²) in [5.74, 6) is -1.38. The number of carbonyl (C=O) groups excluding carboxylic acids is 1. The van der Waals surface area contributed by atoms with E-state index in [0.717, 1.165) is 18.5 Å². The zero-order chi connectivity index (χ0) is 15.9. The SMILES string of the molecule is Cc1cc2ncc(C(=O)NC3(C(=O)O)CCCC3)c(C)n2n1. The van der Waals surface area contributed by atoms with Gasteiger partial charge in [-0.25, -0.2) is 14.3 Å². The summed E-state index contributed by atoms with van der Waals surface area (Å²) in [6.45, 7) is 3.63. The van der Waals surface area contributed by atoms with E-state index >= 15 is 0 Å². The maximum atomic E-state index is 12.5. The molecule has 7 heteroatoms. The number of amides is 1. The quantitative estimate of drug-likeness (QED) is 0.895. The molecule has 0 saturated heterocycles. The van der Waals surface area contributed by atoms with Crippen LogP contribution >= 0.6 is 0 Å². The molecule has 1 amide bonds. The Balaban J connectivity index is 1.95. The van der Waals surface area contributed by atoms with Crippen LogP contribution in [0.25, 0.3) is 5.65 Å². The van der Waals surface area contributed by atoms with Crippen LogP contribution in [0.5, 0.6) is 0 Å². The van der Waals surface area contributed by atoms with Gasteiger partial charge in [0.05, 0.1) is 17.0 Å². The van der Waals surface area contributed by atoms with Gasteiger partial charge in [-0.2, -0.15) is 5.10 Å². The maximum absolute atomic E-state index is 12.5. The monoisotopic (exact) mass is 302 g/mol. The number of aliphatic carboxylic acids is 1. The second-order valence-electron chi connectivity index (χ2n) is 5.86. The van der Waals surface area contributed by atoms with Crippen LogP contribution in [0.4, 0.5) is 0 Å². The number of aryl methyl sites for hydroxylation is 2. The van der Waals surface area contributed by atoms with Crippen LogP contribution in [-0.4, -0.2) is 37.1 Å². The highest BCUT2D eigenvalue weighted by atomic mass is 16.4. The number of rotatable bonds is 3. The van der Waals surface area contributed by atoms with Crippen molar-refractivity contribution in [3.05, 3.63) is 29.2 Å². The molecule has 0 unspecified atom stereocenters. The molecule has 116 valence electrons. The van der Waals surface area contributed by atoms with Gasteiger partial charge in [0, 0.05) is 12.3 Å². The van der Waals surface area contributed by atoms with Crippen molar-refractivity contribution < 1.29 is 14.7 Å². The third-order valence-corrected chi connectivity index (χ3v) is 4.31. The molecule has 1 saturated carbocycles. The molecule has 1 aliphatic carbocycles. The van der Waals surface area contributed by atoms with Gasteiger partial charge in [0.2, 0.25) is 0 Å². The smallest absolute Gasteiger partial charge is 0.329 e. The van der Waals surface area contributed by atoms with Gasteiger partial charge in [-0.05, 0) is 26.7 Å². The first-order valence-corrected chi connectivity index (χ1v) is 7.31. The first kappa shape index (κ1) is 14.5. The van der Waals surface area contributed by atoms with Crippen molar-refractivity contribution in [2.45, 2.75) is 45.1 Å². The van der Waals surface area contributed by atoms with Gasteiger partial charge in [-0.1, -0.05) is 12.8 Å². The Bertz CT molecular complexity index is 759. The summed E-state index contributed by atoms with van der Waals surface area (Å²) < 4.78 is 1.60. The number of carboxylic acids is 1. The maximum Gasteiger partial charge on any atom is 0.329 e. The molecule has 1 aliphatic rings. The molecular formula is C15H18N4O3. The number of carboxylic acid groups (broad SMARTS) is 1. The Kier molecular flexibility index (Phi) is 3.35. The minimum Gasteiger partial charge on any atom is -0.480 e. The molecule has 1 fully saturated rings. The molecule has 2 heterocycles. The van der Waals surface area contributed by atoms with Crippen LogP contribution in [0, 0.1) is 13.8 Å². The van der Waals surface area contributed by atoms with E-state index in [1.807, 2.05) is 13.0 Å². The predicted octanol–water partition coefficient (Wildman–Crippen LogP) is 1.47. The van der Waals surface area contributed by atoms with Gasteiger partial charge < -0.3 is 10.4 Å². The highest BCUT2D eigenvalue weighted by molar-refractivity contribution is 5.98. The standard InChI is InChI=1S/C15H18N4O3/c1-9-7-12-16-8-11(10(2)19(12)18-9)13(20)17-15(14(21)22)5-3-4-6-15/h7-8H,3-6H2,1-2H3,(H,17,20)(H,21,22). The van der Waals surface area contributed by atoms with E-state index < -0.39 is 17.4 Å². The lowest BCUT2D eigenvalue weighted by Gasteiger charge is -2.25. The van der Waals surface area contributed by atoms with Gasteiger partial charge in [0.15, 0.2) is 5.65 Å². The summed E-state index contributed by atoms with van der Waals surface area (Å²) in [5, 5.41) is 16.5. The van der Waals surface area contributed by atoms with Crippen molar-refractivity contribution >= 4 is 17.5 Å². The summed E-state index contributed by atoms with van der Waals surface area (Å²) >= 11 is 0. The first-order valence-electron chi connectivity index (χ1n) is 7.31. The zero-order valence-electron chi connectivity index (χ0n) is 12.6. The lowest BCUT2D eigenvalue weighted by Crippen LogP contribution is -2.52. The Morgan fingerprint density at radius 1 is 1.32 bits per heavy atom. The average Bonchev–Trinajstić information content (AvgIpc) is 3.06. The summed E-state index contributed by atoms with van der Waals surface area (Å²) in [7, 11) is 0. The van der Waals surface area contributed by atoms with Crippen molar-refractivity contribution in [2.24, 2.45) is 0 Å². The second-order valence-corrected chi connectivity index (χ2v) is 5.86. The predicted molar refractivity (Wildman–Crippen MR) is 78.8 cm³/mol. The Hall–Kier alpha value is -2.44. The lowest BCUT2D eigenvalue weighted by atomic mass is 9.97. The Morgan fingerprint density at radius 3 is 2.64 bits per heavy atom. The number of hydrogen-bond acceptors (Lipinski definition) is 4. The fourth-order valence-electron chi connectivity index (χ4n) is 3.04. The van der Waals surface area contributed by atoms with Crippen molar-refractivity contribution in [2.75, 3.05) is 0 Å². The van der Waals surface area contributed by atoms with Gasteiger partial charge in [-0.15, -0.1) is 0 Å². The number of fused-ring (bicyclic) bond motifs is 1. The average molecular weight is 302 g/mol. The summed E-state index contributed by atoms with van der Waals surface area (Å²) in [5.41, 5.74) is 1.32. The van der Waals surface area contributed by atoms with Crippen LogP contribution < -0.4 is 5.32 Å². The van der Waals surface area contributed by atoms with E-state index in [4.69, 9.17) is 0 Å². The van der Waals surface area contributed by atoms with Crippen LogP contribution in [0.1, 0.15) is 47.4 Å². The van der Waals surface area contributed by atoms with Gasteiger partial charge in [0.25, 0.3) is 5.91 Å². The van der Waals surface area contributed by atoms with Gasteiger partial charge >= 0.3 is 5.97 Å². The topological polar surface area (TPSA) is 96.6 Å². The van der Waals surface area contributed by atoms with Crippen LogP contribution in [0.3, 0.4) is 0 Å². The third-order valence-electron chi connectivity index (χ3n) is 4.31. The van der Waals surface area contributed by atoms with E-state index in [9.17, 15) is 14.7 Å². The van der Waals surface area contributed by atoms with Gasteiger partial charge in [0.1, 0.15) is 5.54 Å². The normalized spacial score (nSPS) is 16.8. The molecule has 7 nitrogen and oxygen atoms in total. The molecule has 2 aromatic heterocycles. The largest absolute Gasteiger partial charge is 0.480 e. The molecular weight excluding hydrogens is 284 g/mol. The molecule has 22 heavy (non-hydrogen) atoms. The molecule has 0 bridgehead atoms. The van der Waals surface area contributed by atoms with Gasteiger partial charge in [-0.3, -0.25) is 4.79 Å². The second kappa shape index (κ2) is 5.08. The molecule has 0 aromatic carbocycles. The molecule has 3 rings (SSSR count). The first-order chi connectivity index (χ1) is 10.4. The highest BCUT2D eigenvalue weighted by Crippen LogP contribution is 2.30. The van der Waals surface area contributed by atoms with E-state index in [1.54, 1.807) is 11.4 Å². The lowest BCUT2D eigenvalue weighted by molar-refractivity contribution is -0.144. The zero-order valence-corrected chi connectivity index (χ0v) is 12.6.